The van der Waals surface area contributed by atoms with Crippen LogP contribution in [-0.4, -0.2) is 47.3 Å². The fraction of sp³-hybridized carbons (Fsp3) is 0.407. The first-order valence-corrected chi connectivity index (χ1v) is 13.1. The van der Waals surface area contributed by atoms with E-state index in [9.17, 15) is 0 Å². The third kappa shape index (κ3) is 6.23. The third-order valence-electron chi connectivity index (χ3n) is 6.52. The van der Waals surface area contributed by atoms with Crippen molar-refractivity contribution in [2.45, 2.75) is 45.1 Å². The Morgan fingerprint density at radius 3 is 2.08 bits per heavy atom. The Balaban J connectivity index is 1.32. The fourth-order valence-electron chi connectivity index (χ4n) is 4.52. The Bertz CT molecular complexity index is 1140. The molecule has 2 aromatic carbocycles. The van der Waals surface area contributed by atoms with E-state index in [1.165, 1.54) is 12.8 Å². The van der Waals surface area contributed by atoms with Gasteiger partial charge in [0.2, 0.25) is 17.8 Å². The van der Waals surface area contributed by atoms with Crippen LogP contribution in [0.3, 0.4) is 0 Å². The second-order valence-electron chi connectivity index (χ2n) is 9.14. The number of piperidine rings is 2. The zero-order valence-electron chi connectivity index (χ0n) is 20.4. The highest BCUT2D eigenvalue weighted by Crippen LogP contribution is 2.23. The summed E-state index contributed by atoms with van der Waals surface area (Å²) in [6.07, 6.45) is 8.90. The van der Waals surface area contributed by atoms with Gasteiger partial charge >= 0.3 is 0 Å². The molecule has 0 aliphatic carbocycles. The number of hydrogen-bond donors (Lipinski definition) is 1. The van der Waals surface area contributed by atoms with Crippen molar-refractivity contribution in [2.24, 2.45) is 5.10 Å². The first-order valence-electron chi connectivity index (χ1n) is 12.8. The van der Waals surface area contributed by atoms with Crippen LogP contribution in [0.4, 0.5) is 17.8 Å². The van der Waals surface area contributed by atoms with Crippen LogP contribution in [0.5, 0.6) is 5.75 Å². The predicted octanol–water partition coefficient (Wildman–Crippen LogP) is 5.53. The minimum Gasteiger partial charge on any atom is -0.488 e. The van der Waals surface area contributed by atoms with Crippen LogP contribution in [0, 0.1) is 0 Å². The zero-order valence-corrected chi connectivity index (χ0v) is 21.2. The molecule has 2 aliphatic heterocycles. The lowest BCUT2D eigenvalue weighted by Crippen LogP contribution is -2.34. The molecule has 188 valence electrons. The fourth-order valence-corrected chi connectivity index (χ4v) is 4.71. The van der Waals surface area contributed by atoms with Crippen molar-refractivity contribution < 1.29 is 4.74 Å². The molecule has 0 bridgehead atoms. The molecule has 0 atom stereocenters. The van der Waals surface area contributed by atoms with Crippen molar-refractivity contribution in [1.29, 1.82) is 0 Å². The van der Waals surface area contributed by atoms with Gasteiger partial charge in [0.15, 0.2) is 0 Å². The molecule has 3 heterocycles. The molecular formula is C27H32ClN7O. The first-order chi connectivity index (χ1) is 17.8. The second-order valence-corrected chi connectivity index (χ2v) is 9.55. The Labute approximate surface area is 217 Å². The molecule has 2 saturated heterocycles. The maximum atomic E-state index is 6.28. The first kappa shape index (κ1) is 24.3. The molecule has 0 amide bonds. The van der Waals surface area contributed by atoms with Crippen LogP contribution in [-0.2, 0) is 6.61 Å². The van der Waals surface area contributed by atoms with Crippen molar-refractivity contribution in [3.63, 3.8) is 0 Å². The topological polar surface area (TPSA) is 78.8 Å². The normalized spacial score (nSPS) is 16.4. The molecule has 9 heteroatoms. The third-order valence-corrected chi connectivity index (χ3v) is 6.89. The van der Waals surface area contributed by atoms with Crippen LogP contribution < -0.4 is 20.0 Å². The smallest absolute Gasteiger partial charge is 0.250 e. The van der Waals surface area contributed by atoms with Crippen LogP contribution in [0.1, 0.15) is 49.7 Å². The summed E-state index contributed by atoms with van der Waals surface area (Å²) in [7, 11) is 0. The van der Waals surface area contributed by atoms with Crippen LogP contribution in [0.2, 0.25) is 5.02 Å². The van der Waals surface area contributed by atoms with Gasteiger partial charge in [-0.1, -0.05) is 41.9 Å². The van der Waals surface area contributed by atoms with E-state index in [-0.39, 0.29) is 0 Å². The van der Waals surface area contributed by atoms with E-state index in [1.807, 2.05) is 48.5 Å². The SMILES string of the molecule is Clc1ccccc1COc1ccccc1C=NNc1nc(N2CCCCC2)nc(N2CCCCC2)n1. The summed E-state index contributed by atoms with van der Waals surface area (Å²) in [4.78, 5) is 18.7. The Morgan fingerprint density at radius 1 is 0.806 bits per heavy atom. The maximum Gasteiger partial charge on any atom is 0.250 e. The summed E-state index contributed by atoms with van der Waals surface area (Å²) < 4.78 is 6.05. The van der Waals surface area contributed by atoms with Gasteiger partial charge in [-0.05, 0) is 56.7 Å². The number of halogens is 1. The number of nitrogens with one attached hydrogen (secondary N) is 1. The molecule has 3 aromatic rings. The molecule has 0 spiro atoms. The van der Waals surface area contributed by atoms with Gasteiger partial charge in [0.1, 0.15) is 12.4 Å². The van der Waals surface area contributed by atoms with Gasteiger partial charge < -0.3 is 14.5 Å². The molecule has 0 saturated carbocycles. The summed E-state index contributed by atoms with van der Waals surface area (Å²) in [6.45, 7) is 4.28. The monoisotopic (exact) mass is 505 g/mol. The van der Waals surface area contributed by atoms with E-state index in [2.05, 4.69) is 20.3 Å². The predicted molar refractivity (Wildman–Crippen MR) is 145 cm³/mol. The van der Waals surface area contributed by atoms with Gasteiger partial charge in [-0.3, -0.25) is 0 Å². The molecule has 0 radical (unpaired) electrons. The summed E-state index contributed by atoms with van der Waals surface area (Å²) >= 11 is 6.28. The van der Waals surface area contributed by atoms with Crippen LogP contribution >= 0.6 is 11.6 Å². The highest BCUT2D eigenvalue weighted by molar-refractivity contribution is 6.31. The molecular weight excluding hydrogens is 474 g/mol. The molecule has 2 aliphatic rings. The molecule has 1 N–H and O–H groups in total. The Morgan fingerprint density at radius 2 is 1.42 bits per heavy atom. The highest BCUT2D eigenvalue weighted by atomic mass is 35.5. The van der Waals surface area contributed by atoms with Crippen molar-refractivity contribution in [3.8, 4) is 5.75 Å². The Hall–Kier alpha value is -3.39. The van der Waals surface area contributed by atoms with E-state index in [4.69, 9.17) is 31.3 Å². The maximum absolute atomic E-state index is 6.28. The number of hydrogen-bond acceptors (Lipinski definition) is 8. The molecule has 0 unspecified atom stereocenters. The quantitative estimate of drug-likeness (QED) is 0.318. The molecule has 5 rings (SSSR count). The van der Waals surface area contributed by atoms with Crippen molar-refractivity contribution in [1.82, 2.24) is 15.0 Å². The molecule has 36 heavy (non-hydrogen) atoms. The van der Waals surface area contributed by atoms with E-state index in [0.717, 1.165) is 80.6 Å². The van der Waals surface area contributed by atoms with Gasteiger partial charge in [-0.25, -0.2) is 5.43 Å². The van der Waals surface area contributed by atoms with Gasteiger partial charge in [-0.15, -0.1) is 0 Å². The van der Waals surface area contributed by atoms with E-state index < -0.39 is 0 Å². The zero-order chi connectivity index (χ0) is 24.6. The lowest BCUT2D eigenvalue weighted by Gasteiger charge is -2.30. The minimum atomic E-state index is 0.379. The number of aromatic nitrogens is 3. The summed E-state index contributed by atoms with van der Waals surface area (Å²) in [5.74, 6) is 2.64. The second kappa shape index (κ2) is 12.0. The average Bonchev–Trinajstić information content (AvgIpc) is 2.94. The number of hydrazone groups is 1. The molecule has 1 aromatic heterocycles. The van der Waals surface area contributed by atoms with Gasteiger partial charge in [-0.2, -0.15) is 20.1 Å². The highest BCUT2D eigenvalue weighted by Gasteiger charge is 2.20. The standard InChI is InChI=1S/C27H32ClN7O/c28-23-13-5-3-12-22(23)20-36-24-14-6-4-11-21(24)19-29-33-25-30-26(34-15-7-1-8-16-34)32-27(31-25)35-17-9-2-10-18-35/h3-6,11-14,19H,1-2,7-10,15-18,20H2,(H,30,31,32,33). The number of anilines is 3. The van der Waals surface area contributed by atoms with Gasteiger partial charge in [0.05, 0.1) is 6.21 Å². The van der Waals surface area contributed by atoms with E-state index in [1.54, 1.807) is 6.21 Å². The number of benzene rings is 2. The average molecular weight is 506 g/mol. The summed E-state index contributed by atoms with van der Waals surface area (Å²) in [6, 6.07) is 15.5. The lowest BCUT2D eigenvalue weighted by molar-refractivity contribution is 0.306. The molecule has 8 nitrogen and oxygen atoms in total. The Kier molecular flexibility index (Phi) is 8.13. The van der Waals surface area contributed by atoms with Crippen molar-refractivity contribution >= 4 is 35.7 Å². The van der Waals surface area contributed by atoms with Crippen LogP contribution in [0.25, 0.3) is 0 Å². The largest absolute Gasteiger partial charge is 0.488 e. The minimum absolute atomic E-state index is 0.379. The van der Waals surface area contributed by atoms with Crippen molar-refractivity contribution in [2.75, 3.05) is 41.4 Å². The number of rotatable bonds is 8. The van der Waals surface area contributed by atoms with Crippen molar-refractivity contribution in [3.05, 3.63) is 64.7 Å². The van der Waals surface area contributed by atoms with E-state index in [0.29, 0.717) is 17.6 Å². The number of ether oxygens (including phenoxy) is 1. The summed E-state index contributed by atoms with van der Waals surface area (Å²) in [5.41, 5.74) is 4.82. The lowest BCUT2D eigenvalue weighted by atomic mass is 10.1. The van der Waals surface area contributed by atoms with Crippen LogP contribution in [0.15, 0.2) is 53.6 Å². The molecule has 2 fully saturated rings. The number of nitrogens with zero attached hydrogens (tertiary/aromatic N) is 6. The summed E-state index contributed by atoms with van der Waals surface area (Å²) in [5, 5.41) is 5.14. The van der Waals surface area contributed by atoms with Gasteiger partial charge in [0.25, 0.3) is 0 Å². The van der Waals surface area contributed by atoms with Gasteiger partial charge in [0, 0.05) is 42.3 Å². The number of para-hydroxylation sites is 1. The van der Waals surface area contributed by atoms with E-state index >= 15 is 0 Å².